The molecule has 2 aliphatic rings. The lowest BCUT2D eigenvalue weighted by Crippen LogP contribution is -2.54. The SMILES string of the molecule is CCC1CCNC(C(=O)N2CCCCC2CCC(=O)O)C1. The van der Waals surface area contributed by atoms with Gasteiger partial charge in [-0.3, -0.25) is 9.59 Å². The van der Waals surface area contributed by atoms with Crippen LogP contribution in [0.5, 0.6) is 0 Å². The van der Waals surface area contributed by atoms with E-state index in [9.17, 15) is 9.59 Å². The predicted octanol–water partition coefficient (Wildman–Crippen LogP) is 2.01. The van der Waals surface area contributed by atoms with E-state index in [1.165, 1.54) is 0 Å². The smallest absolute Gasteiger partial charge is 0.303 e. The van der Waals surface area contributed by atoms with Crippen LogP contribution in [0.4, 0.5) is 0 Å². The minimum atomic E-state index is -0.769. The molecule has 1 amide bonds. The van der Waals surface area contributed by atoms with Gasteiger partial charge >= 0.3 is 5.97 Å². The fraction of sp³-hybridized carbons (Fsp3) is 0.875. The molecule has 2 aliphatic heterocycles. The Morgan fingerprint density at radius 2 is 2.10 bits per heavy atom. The standard InChI is InChI=1S/C16H28N2O3/c1-2-12-8-9-17-14(11-12)16(21)18-10-4-3-5-13(18)6-7-15(19)20/h12-14,17H,2-11H2,1H3,(H,19,20). The van der Waals surface area contributed by atoms with Crippen molar-refractivity contribution in [1.29, 1.82) is 0 Å². The third kappa shape index (κ3) is 4.43. The van der Waals surface area contributed by atoms with Gasteiger partial charge in [-0.15, -0.1) is 0 Å². The lowest BCUT2D eigenvalue weighted by molar-refractivity contribution is -0.141. The van der Waals surface area contributed by atoms with E-state index in [4.69, 9.17) is 5.11 Å². The Morgan fingerprint density at radius 3 is 2.81 bits per heavy atom. The number of carbonyl (C=O) groups is 2. The fourth-order valence-electron chi connectivity index (χ4n) is 3.64. The minimum Gasteiger partial charge on any atom is -0.481 e. The summed E-state index contributed by atoms with van der Waals surface area (Å²) in [6.45, 7) is 3.90. The number of amides is 1. The van der Waals surface area contributed by atoms with Crippen molar-refractivity contribution in [3.8, 4) is 0 Å². The number of rotatable bonds is 5. The van der Waals surface area contributed by atoms with Crippen molar-refractivity contribution >= 4 is 11.9 Å². The number of carboxylic acid groups (broad SMARTS) is 1. The van der Waals surface area contributed by atoms with Crippen molar-refractivity contribution in [2.75, 3.05) is 13.1 Å². The number of likely N-dealkylation sites (tertiary alicyclic amines) is 1. The topological polar surface area (TPSA) is 69.6 Å². The summed E-state index contributed by atoms with van der Waals surface area (Å²) in [5.74, 6) is 0.0699. The number of hydrogen-bond acceptors (Lipinski definition) is 3. The number of carboxylic acids is 1. The van der Waals surface area contributed by atoms with Crippen LogP contribution >= 0.6 is 0 Å². The van der Waals surface area contributed by atoms with Crippen LogP contribution in [0.15, 0.2) is 0 Å². The highest BCUT2D eigenvalue weighted by molar-refractivity contribution is 5.82. The van der Waals surface area contributed by atoms with Crippen LogP contribution in [0.1, 0.15) is 58.3 Å². The second kappa shape index (κ2) is 7.78. The second-order valence-corrected chi connectivity index (χ2v) is 6.42. The van der Waals surface area contributed by atoms with E-state index in [1.807, 2.05) is 4.90 Å². The molecule has 0 aromatic heterocycles. The molecule has 21 heavy (non-hydrogen) atoms. The Kier molecular flexibility index (Phi) is 6.03. The number of nitrogens with one attached hydrogen (secondary N) is 1. The first kappa shape index (κ1) is 16.3. The van der Waals surface area contributed by atoms with Crippen LogP contribution in [-0.4, -0.2) is 47.1 Å². The lowest BCUT2D eigenvalue weighted by atomic mass is 9.88. The van der Waals surface area contributed by atoms with E-state index in [-0.39, 0.29) is 24.4 Å². The molecule has 2 N–H and O–H groups in total. The number of nitrogens with zero attached hydrogens (tertiary/aromatic N) is 1. The third-order valence-corrected chi connectivity index (χ3v) is 4.99. The van der Waals surface area contributed by atoms with E-state index in [0.29, 0.717) is 12.3 Å². The molecular formula is C16H28N2O3. The maximum absolute atomic E-state index is 12.8. The van der Waals surface area contributed by atoms with E-state index < -0.39 is 5.97 Å². The fourth-order valence-corrected chi connectivity index (χ4v) is 3.64. The van der Waals surface area contributed by atoms with Crippen LogP contribution in [0, 0.1) is 5.92 Å². The van der Waals surface area contributed by atoms with Gasteiger partial charge in [0.15, 0.2) is 0 Å². The maximum Gasteiger partial charge on any atom is 0.303 e. The molecule has 3 atom stereocenters. The van der Waals surface area contributed by atoms with Gasteiger partial charge in [-0.1, -0.05) is 13.3 Å². The van der Waals surface area contributed by atoms with E-state index in [1.54, 1.807) is 0 Å². The molecule has 0 saturated carbocycles. The highest BCUT2D eigenvalue weighted by Gasteiger charge is 2.33. The van der Waals surface area contributed by atoms with Crippen molar-refractivity contribution < 1.29 is 14.7 Å². The second-order valence-electron chi connectivity index (χ2n) is 6.42. The summed E-state index contributed by atoms with van der Waals surface area (Å²) in [4.78, 5) is 25.5. The molecule has 2 rings (SSSR count). The van der Waals surface area contributed by atoms with Gasteiger partial charge < -0.3 is 15.3 Å². The highest BCUT2D eigenvalue weighted by Crippen LogP contribution is 2.25. The summed E-state index contributed by atoms with van der Waals surface area (Å²) < 4.78 is 0. The average molecular weight is 296 g/mol. The maximum atomic E-state index is 12.8. The largest absolute Gasteiger partial charge is 0.481 e. The molecular weight excluding hydrogens is 268 g/mol. The minimum absolute atomic E-state index is 0.0610. The molecule has 3 unspecified atom stereocenters. The Morgan fingerprint density at radius 1 is 1.29 bits per heavy atom. The van der Waals surface area contributed by atoms with Gasteiger partial charge in [0, 0.05) is 19.0 Å². The first-order valence-corrected chi connectivity index (χ1v) is 8.37. The highest BCUT2D eigenvalue weighted by atomic mass is 16.4. The van der Waals surface area contributed by atoms with Crippen LogP contribution in [0.2, 0.25) is 0 Å². The van der Waals surface area contributed by atoms with E-state index in [0.717, 1.165) is 51.6 Å². The van der Waals surface area contributed by atoms with Crippen molar-refractivity contribution in [2.24, 2.45) is 5.92 Å². The molecule has 0 aromatic rings. The van der Waals surface area contributed by atoms with Gasteiger partial charge in [0.1, 0.15) is 0 Å². The molecule has 5 heteroatoms. The Balaban J connectivity index is 1.95. The average Bonchev–Trinajstić information content (AvgIpc) is 2.52. The quantitative estimate of drug-likeness (QED) is 0.814. The number of piperidine rings is 2. The summed E-state index contributed by atoms with van der Waals surface area (Å²) in [5, 5.41) is 12.2. The van der Waals surface area contributed by atoms with Crippen molar-refractivity contribution in [3.63, 3.8) is 0 Å². The zero-order chi connectivity index (χ0) is 15.2. The van der Waals surface area contributed by atoms with Gasteiger partial charge in [-0.2, -0.15) is 0 Å². The van der Waals surface area contributed by atoms with Crippen LogP contribution in [0.3, 0.4) is 0 Å². The van der Waals surface area contributed by atoms with Gasteiger partial charge in [0.05, 0.1) is 6.04 Å². The van der Waals surface area contributed by atoms with Crippen molar-refractivity contribution in [1.82, 2.24) is 10.2 Å². The third-order valence-electron chi connectivity index (χ3n) is 4.99. The Labute approximate surface area is 127 Å². The molecule has 2 saturated heterocycles. The number of aliphatic carboxylic acids is 1. The van der Waals surface area contributed by atoms with Gasteiger partial charge in [0.2, 0.25) is 5.91 Å². The van der Waals surface area contributed by atoms with Crippen LogP contribution < -0.4 is 5.32 Å². The monoisotopic (exact) mass is 296 g/mol. The van der Waals surface area contributed by atoms with Crippen molar-refractivity contribution in [2.45, 2.75) is 70.4 Å². The van der Waals surface area contributed by atoms with E-state index in [2.05, 4.69) is 12.2 Å². The normalized spacial score (nSPS) is 30.1. The summed E-state index contributed by atoms with van der Waals surface area (Å²) in [5.41, 5.74) is 0. The van der Waals surface area contributed by atoms with Crippen molar-refractivity contribution in [3.05, 3.63) is 0 Å². The molecule has 5 nitrogen and oxygen atoms in total. The van der Waals surface area contributed by atoms with Crippen LogP contribution in [0.25, 0.3) is 0 Å². The predicted molar refractivity (Wildman–Crippen MR) is 81.0 cm³/mol. The lowest BCUT2D eigenvalue weighted by Gasteiger charge is -2.40. The summed E-state index contributed by atoms with van der Waals surface area (Å²) in [6.07, 6.45) is 7.05. The first-order valence-electron chi connectivity index (χ1n) is 8.37. The summed E-state index contributed by atoms with van der Waals surface area (Å²) in [7, 11) is 0. The Bertz CT molecular complexity index is 373. The molecule has 0 radical (unpaired) electrons. The summed E-state index contributed by atoms with van der Waals surface area (Å²) >= 11 is 0. The molecule has 0 aromatic carbocycles. The molecule has 0 bridgehead atoms. The number of carbonyl (C=O) groups excluding carboxylic acids is 1. The van der Waals surface area contributed by atoms with E-state index >= 15 is 0 Å². The first-order chi connectivity index (χ1) is 10.1. The zero-order valence-electron chi connectivity index (χ0n) is 13.0. The zero-order valence-corrected chi connectivity index (χ0v) is 13.0. The molecule has 2 fully saturated rings. The van der Waals surface area contributed by atoms with Gasteiger partial charge in [-0.05, 0) is 51.0 Å². The van der Waals surface area contributed by atoms with Gasteiger partial charge in [0.25, 0.3) is 0 Å². The van der Waals surface area contributed by atoms with Crippen LogP contribution in [-0.2, 0) is 9.59 Å². The molecule has 0 aliphatic carbocycles. The molecule has 0 spiro atoms. The van der Waals surface area contributed by atoms with Gasteiger partial charge in [-0.25, -0.2) is 0 Å². The Hall–Kier alpha value is -1.10. The molecule has 120 valence electrons. The summed E-state index contributed by atoms with van der Waals surface area (Å²) in [6, 6.07) is 0.0558. The molecule has 2 heterocycles. The number of hydrogen-bond donors (Lipinski definition) is 2.